The summed E-state index contributed by atoms with van der Waals surface area (Å²) in [6.07, 6.45) is 0. The minimum atomic E-state index is -0.0394. The van der Waals surface area contributed by atoms with Gasteiger partial charge in [-0.15, -0.1) is 5.10 Å². The summed E-state index contributed by atoms with van der Waals surface area (Å²) in [5, 5.41) is 9.04. The molecule has 0 aliphatic carbocycles. The lowest BCUT2D eigenvalue weighted by Crippen LogP contribution is -2.49. The third kappa shape index (κ3) is 3.88. The first-order valence-corrected chi connectivity index (χ1v) is 10.0. The number of piperazine rings is 1. The van der Waals surface area contributed by atoms with Gasteiger partial charge in [-0.2, -0.15) is 9.90 Å². The lowest BCUT2D eigenvalue weighted by Gasteiger charge is -2.36. The number of amides is 1. The zero-order valence-electron chi connectivity index (χ0n) is 17.5. The predicted octanol–water partition coefficient (Wildman–Crippen LogP) is 3.46. The largest absolute Gasteiger partial charge is 0.368 e. The standard InChI is InChI=1S/C23H27N5O/c1-16-6-5-7-20(15-16)26-10-12-27(13-11-26)23(29)22-19(4)24-28(25-22)21-9-8-17(2)14-18(21)3/h5-9,14-15H,10-13H2,1-4H3. The van der Waals surface area contributed by atoms with Gasteiger partial charge >= 0.3 is 0 Å². The maximum absolute atomic E-state index is 13.1. The molecular weight excluding hydrogens is 362 g/mol. The van der Waals surface area contributed by atoms with Crippen molar-refractivity contribution in [2.75, 3.05) is 31.1 Å². The number of aromatic nitrogens is 3. The van der Waals surface area contributed by atoms with Crippen LogP contribution in [0.5, 0.6) is 0 Å². The molecule has 1 saturated heterocycles. The SMILES string of the molecule is Cc1cccc(N2CCN(C(=O)c3nn(-c4ccc(C)cc4C)nc3C)CC2)c1. The molecule has 6 heteroatoms. The summed E-state index contributed by atoms with van der Waals surface area (Å²) >= 11 is 0. The van der Waals surface area contributed by atoms with E-state index < -0.39 is 0 Å². The van der Waals surface area contributed by atoms with Gasteiger partial charge in [-0.25, -0.2) is 0 Å². The number of hydrogen-bond donors (Lipinski definition) is 0. The first-order valence-electron chi connectivity index (χ1n) is 10.0. The molecule has 0 spiro atoms. The van der Waals surface area contributed by atoms with E-state index in [1.54, 1.807) is 4.80 Å². The number of benzene rings is 2. The van der Waals surface area contributed by atoms with Crippen LogP contribution in [-0.2, 0) is 0 Å². The highest BCUT2D eigenvalue weighted by Crippen LogP contribution is 2.20. The molecule has 0 unspecified atom stereocenters. The molecule has 0 bridgehead atoms. The Hall–Kier alpha value is -3.15. The van der Waals surface area contributed by atoms with Crippen LogP contribution in [0.15, 0.2) is 42.5 Å². The van der Waals surface area contributed by atoms with Crippen molar-refractivity contribution in [1.82, 2.24) is 19.9 Å². The summed E-state index contributed by atoms with van der Waals surface area (Å²) < 4.78 is 0. The van der Waals surface area contributed by atoms with Crippen molar-refractivity contribution in [1.29, 1.82) is 0 Å². The van der Waals surface area contributed by atoms with E-state index in [4.69, 9.17) is 0 Å². The minimum absolute atomic E-state index is 0.0394. The normalized spacial score (nSPS) is 14.3. The van der Waals surface area contributed by atoms with E-state index in [1.165, 1.54) is 16.8 Å². The number of aryl methyl sites for hydroxylation is 4. The fourth-order valence-electron chi connectivity index (χ4n) is 3.86. The Morgan fingerprint density at radius 3 is 2.28 bits per heavy atom. The molecule has 1 aromatic heterocycles. The van der Waals surface area contributed by atoms with E-state index in [1.807, 2.05) is 30.9 Å². The summed E-state index contributed by atoms with van der Waals surface area (Å²) in [7, 11) is 0. The number of anilines is 1. The van der Waals surface area contributed by atoms with E-state index in [0.29, 0.717) is 24.5 Å². The van der Waals surface area contributed by atoms with Gasteiger partial charge in [0, 0.05) is 31.9 Å². The van der Waals surface area contributed by atoms with Gasteiger partial charge in [0.1, 0.15) is 0 Å². The average molecular weight is 390 g/mol. The van der Waals surface area contributed by atoms with Crippen LogP contribution in [0.3, 0.4) is 0 Å². The fourth-order valence-corrected chi connectivity index (χ4v) is 3.86. The third-order valence-corrected chi connectivity index (χ3v) is 5.49. The number of carbonyl (C=O) groups excluding carboxylic acids is 1. The first-order chi connectivity index (χ1) is 13.9. The van der Waals surface area contributed by atoms with Crippen LogP contribution >= 0.6 is 0 Å². The molecule has 29 heavy (non-hydrogen) atoms. The van der Waals surface area contributed by atoms with Crippen LogP contribution in [0.2, 0.25) is 0 Å². The molecule has 1 aliphatic heterocycles. The van der Waals surface area contributed by atoms with Gasteiger partial charge in [-0.05, 0) is 57.0 Å². The number of carbonyl (C=O) groups is 1. The Balaban J connectivity index is 1.49. The summed E-state index contributed by atoms with van der Waals surface area (Å²) in [6, 6.07) is 14.6. The lowest BCUT2D eigenvalue weighted by atomic mass is 10.1. The zero-order valence-corrected chi connectivity index (χ0v) is 17.5. The van der Waals surface area contributed by atoms with Crippen molar-refractivity contribution < 1.29 is 4.79 Å². The number of nitrogens with zero attached hydrogens (tertiary/aromatic N) is 5. The number of rotatable bonds is 3. The Kier molecular flexibility index (Phi) is 5.09. The maximum Gasteiger partial charge on any atom is 0.276 e. The highest BCUT2D eigenvalue weighted by Gasteiger charge is 2.26. The Morgan fingerprint density at radius 2 is 1.59 bits per heavy atom. The predicted molar refractivity (Wildman–Crippen MR) is 115 cm³/mol. The van der Waals surface area contributed by atoms with Crippen LogP contribution in [-0.4, -0.2) is 52.0 Å². The van der Waals surface area contributed by atoms with E-state index in [2.05, 4.69) is 59.3 Å². The lowest BCUT2D eigenvalue weighted by molar-refractivity contribution is 0.0739. The molecule has 2 aromatic carbocycles. The van der Waals surface area contributed by atoms with Crippen molar-refractivity contribution >= 4 is 11.6 Å². The van der Waals surface area contributed by atoms with Crippen molar-refractivity contribution in [3.05, 3.63) is 70.5 Å². The minimum Gasteiger partial charge on any atom is -0.368 e. The van der Waals surface area contributed by atoms with Crippen molar-refractivity contribution in [2.45, 2.75) is 27.7 Å². The highest BCUT2D eigenvalue weighted by molar-refractivity contribution is 5.93. The van der Waals surface area contributed by atoms with E-state index in [9.17, 15) is 4.79 Å². The van der Waals surface area contributed by atoms with Crippen LogP contribution in [0.4, 0.5) is 5.69 Å². The fraction of sp³-hybridized carbons (Fsp3) is 0.348. The summed E-state index contributed by atoms with van der Waals surface area (Å²) in [5.41, 5.74) is 6.75. The molecular formula is C23H27N5O. The quantitative estimate of drug-likeness (QED) is 0.688. The monoisotopic (exact) mass is 389 g/mol. The van der Waals surface area contributed by atoms with Gasteiger partial charge in [0.25, 0.3) is 5.91 Å². The summed E-state index contributed by atoms with van der Waals surface area (Å²) in [4.78, 5) is 18.9. The van der Waals surface area contributed by atoms with Crippen LogP contribution in [0.25, 0.3) is 5.69 Å². The van der Waals surface area contributed by atoms with E-state index in [0.717, 1.165) is 24.3 Å². The second-order valence-electron chi connectivity index (χ2n) is 7.83. The van der Waals surface area contributed by atoms with Crippen molar-refractivity contribution in [3.8, 4) is 5.69 Å². The zero-order chi connectivity index (χ0) is 20.5. The Bertz CT molecular complexity index is 1050. The van der Waals surface area contributed by atoms with Gasteiger partial charge in [0.05, 0.1) is 11.4 Å². The average Bonchev–Trinajstić information content (AvgIpc) is 3.09. The van der Waals surface area contributed by atoms with Crippen LogP contribution in [0, 0.1) is 27.7 Å². The van der Waals surface area contributed by atoms with Gasteiger partial charge in [-0.1, -0.05) is 29.8 Å². The molecule has 0 saturated carbocycles. The Morgan fingerprint density at radius 1 is 0.862 bits per heavy atom. The Labute approximate surface area is 171 Å². The third-order valence-electron chi connectivity index (χ3n) is 5.49. The maximum atomic E-state index is 13.1. The highest BCUT2D eigenvalue weighted by atomic mass is 16.2. The smallest absolute Gasteiger partial charge is 0.276 e. The van der Waals surface area contributed by atoms with Gasteiger partial charge < -0.3 is 9.80 Å². The second-order valence-corrected chi connectivity index (χ2v) is 7.83. The molecule has 1 fully saturated rings. The summed E-state index contributed by atoms with van der Waals surface area (Å²) in [5.74, 6) is -0.0394. The first kappa shape index (κ1) is 19.2. The van der Waals surface area contributed by atoms with E-state index in [-0.39, 0.29) is 5.91 Å². The molecule has 0 radical (unpaired) electrons. The van der Waals surface area contributed by atoms with E-state index >= 15 is 0 Å². The number of hydrogen-bond acceptors (Lipinski definition) is 4. The molecule has 6 nitrogen and oxygen atoms in total. The van der Waals surface area contributed by atoms with Crippen molar-refractivity contribution in [2.24, 2.45) is 0 Å². The summed E-state index contributed by atoms with van der Waals surface area (Å²) in [6.45, 7) is 11.1. The second kappa shape index (κ2) is 7.70. The van der Waals surface area contributed by atoms with Crippen molar-refractivity contribution in [3.63, 3.8) is 0 Å². The molecule has 0 N–H and O–H groups in total. The topological polar surface area (TPSA) is 54.3 Å². The molecule has 2 heterocycles. The van der Waals surface area contributed by atoms with Gasteiger partial charge in [0.2, 0.25) is 0 Å². The molecule has 1 aliphatic rings. The molecule has 3 aromatic rings. The van der Waals surface area contributed by atoms with Crippen LogP contribution < -0.4 is 4.90 Å². The molecule has 1 amide bonds. The molecule has 0 atom stereocenters. The van der Waals surface area contributed by atoms with Gasteiger partial charge in [0.15, 0.2) is 5.69 Å². The van der Waals surface area contributed by atoms with Gasteiger partial charge in [-0.3, -0.25) is 4.79 Å². The van der Waals surface area contributed by atoms with Crippen LogP contribution in [0.1, 0.15) is 32.9 Å². The molecule has 150 valence electrons. The molecule has 4 rings (SSSR count).